The summed E-state index contributed by atoms with van der Waals surface area (Å²) in [6.07, 6.45) is 0. The molecule has 3 nitrogen and oxygen atoms in total. The van der Waals surface area contributed by atoms with Crippen molar-refractivity contribution in [1.29, 1.82) is 0 Å². The Morgan fingerprint density at radius 2 is 0.873 bits per heavy atom. The summed E-state index contributed by atoms with van der Waals surface area (Å²) in [6.45, 7) is 0. The molecule has 0 radical (unpaired) electrons. The zero-order chi connectivity index (χ0) is 36.3. The predicted octanol–water partition coefficient (Wildman–Crippen LogP) is 14.6. The highest BCUT2D eigenvalue weighted by Crippen LogP contribution is 2.40. The predicted molar refractivity (Wildman–Crippen MR) is 231 cm³/mol. The zero-order valence-electron chi connectivity index (χ0n) is 29.9. The number of nitrogens with zero attached hydrogens (tertiary/aromatic N) is 2. The van der Waals surface area contributed by atoms with Crippen molar-refractivity contribution in [2.45, 2.75) is 0 Å². The lowest BCUT2D eigenvalue weighted by molar-refractivity contribution is 0.669. The molecule has 0 unspecified atom stereocenters. The van der Waals surface area contributed by atoms with Crippen LogP contribution in [0.2, 0.25) is 0 Å². The Labute approximate surface area is 318 Å². The van der Waals surface area contributed by atoms with E-state index in [1.54, 1.807) is 0 Å². The van der Waals surface area contributed by atoms with Gasteiger partial charge in [-0.15, -0.1) is 0 Å². The van der Waals surface area contributed by atoms with Crippen molar-refractivity contribution in [3.05, 3.63) is 206 Å². The van der Waals surface area contributed by atoms with Gasteiger partial charge in [0.15, 0.2) is 0 Å². The molecule has 0 bridgehead atoms. The van der Waals surface area contributed by atoms with E-state index in [0.29, 0.717) is 0 Å². The first-order valence-electron chi connectivity index (χ1n) is 18.7. The van der Waals surface area contributed by atoms with Crippen molar-refractivity contribution < 1.29 is 4.42 Å². The van der Waals surface area contributed by atoms with E-state index in [2.05, 4.69) is 204 Å². The summed E-state index contributed by atoms with van der Waals surface area (Å²) in [5, 5.41) is 7.27. The standard InChI is InChI=1S/C52H34N2O/c1-2-11-38-32-39(21-20-35(38)10-1)36-22-27-41(28-23-36)53(42-29-24-37(25-30-42)40-26-31-48-47-16-5-8-19-51(47)55-52(48)33-40)43-12-9-13-44(34-43)54-49-17-6-3-14-45(49)46-15-4-7-18-50(46)54/h1-34H. The van der Waals surface area contributed by atoms with E-state index in [1.807, 2.05) is 12.1 Å². The molecule has 0 atom stereocenters. The maximum Gasteiger partial charge on any atom is 0.136 e. The number of rotatable bonds is 6. The monoisotopic (exact) mass is 702 g/mol. The van der Waals surface area contributed by atoms with Gasteiger partial charge in [-0.25, -0.2) is 0 Å². The molecule has 0 spiro atoms. The first-order valence-corrected chi connectivity index (χ1v) is 18.7. The van der Waals surface area contributed by atoms with Gasteiger partial charge in [-0.3, -0.25) is 0 Å². The van der Waals surface area contributed by atoms with Crippen LogP contribution < -0.4 is 4.90 Å². The minimum atomic E-state index is 0.901. The van der Waals surface area contributed by atoms with Crippen molar-refractivity contribution in [2.75, 3.05) is 4.90 Å². The molecule has 2 heterocycles. The van der Waals surface area contributed by atoms with Crippen LogP contribution in [0, 0.1) is 0 Å². The van der Waals surface area contributed by atoms with E-state index in [0.717, 1.165) is 55.8 Å². The van der Waals surface area contributed by atoms with Gasteiger partial charge in [-0.1, -0.05) is 127 Å². The smallest absolute Gasteiger partial charge is 0.136 e. The minimum Gasteiger partial charge on any atom is -0.456 e. The molecule has 2 aromatic heterocycles. The molecule has 11 aromatic rings. The molecule has 0 aliphatic carbocycles. The van der Waals surface area contributed by atoms with Crippen LogP contribution in [0.15, 0.2) is 211 Å². The summed E-state index contributed by atoms with van der Waals surface area (Å²) >= 11 is 0. The van der Waals surface area contributed by atoms with Crippen molar-refractivity contribution in [2.24, 2.45) is 0 Å². The van der Waals surface area contributed by atoms with Crippen LogP contribution in [0.3, 0.4) is 0 Å². The Morgan fingerprint density at radius 3 is 1.58 bits per heavy atom. The average molecular weight is 703 g/mol. The van der Waals surface area contributed by atoms with Crippen molar-refractivity contribution >= 4 is 71.6 Å². The second kappa shape index (κ2) is 12.6. The number of hydrogen-bond acceptors (Lipinski definition) is 2. The topological polar surface area (TPSA) is 21.3 Å². The minimum absolute atomic E-state index is 0.901. The van der Waals surface area contributed by atoms with Gasteiger partial charge < -0.3 is 13.9 Å². The number of fused-ring (bicyclic) bond motifs is 7. The molecule has 11 rings (SSSR count). The molecule has 55 heavy (non-hydrogen) atoms. The molecule has 258 valence electrons. The SMILES string of the molecule is c1cc(N(c2ccc(-c3ccc4ccccc4c3)cc2)c2ccc(-c3ccc4c(c3)oc3ccccc34)cc2)cc(-n2c3ccccc3c3ccccc32)c1. The molecule has 0 N–H and O–H groups in total. The fraction of sp³-hybridized carbons (Fsp3) is 0. The molecule has 9 aromatic carbocycles. The normalized spacial score (nSPS) is 11.6. The summed E-state index contributed by atoms with van der Waals surface area (Å²) in [6, 6.07) is 74.1. The number of aromatic nitrogens is 1. The molecular formula is C52H34N2O. The second-order valence-electron chi connectivity index (χ2n) is 14.2. The first-order chi connectivity index (χ1) is 27.2. The van der Waals surface area contributed by atoms with Crippen LogP contribution in [0.5, 0.6) is 0 Å². The summed E-state index contributed by atoms with van der Waals surface area (Å²) in [4.78, 5) is 2.35. The lowest BCUT2D eigenvalue weighted by Crippen LogP contribution is -2.10. The highest BCUT2D eigenvalue weighted by atomic mass is 16.3. The van der Waals surface area contributed by atoms with Gasteiger partial charge in [0.1, 0.15) is 11.2 Å². The summed E-state index contributed by atoms with van der Waals surface area (Å²) in [7, 11) is 0. The number of hydrogen-bond donors (Lipinski definition) is 0. The highest BCUT2D eigenvalue weighted by molar-refractivity contribution is 6.09. The Hall–Kier alpha value is -7.36. The molecule has 0 saturated heterocycles. The van der Waals surface area contributed by atoms with Gasteiger partial charge in [0, 0.05) is 44.3 Å². The third-order valence-corrected chi connectivity index (χ3v) is 11.0. The third kappa shape index (κ3) is 5.28. The fourth-order valence-corrected chi connectivity index (χ4v) is 8.30. The van der Waals surface area contributed by atoms with Crippen LogP contribution in [0.25, 0.3) is 82.5 Å². The van der Waals surface area contributed by atoms with Gasteiger partial charge in [0.25, 0.3) is 0 Å². The summed E-state index contributed by atoms with van der Waals surface area (Å²) in [5.74, 6) is 0. The van der Waals surface area contributed by atoms with Crippen LogP contribution in [-0.2, 0) is 0 Å². The number of anilines is 3. The number of benzene rings is 9. The third-order valence-electron chi connectivity index (χ3n) is 11.0. The van der Waals surface area contributed by atoms with Crippen LogP contribution in [-0.4, -0.2) is 4.57 Å². The van der Waals surface area contributed by atoms with Gasteiger partial charge in [0.2, 0.25) is 0 Å². The van der Waals surface area contributed by atoms with Crippen molar-refractivity contribution in [3.63, 3.8) is 0 Å². The van der Waals surface area contributed by atoms with E-state index in [1.165, 1.54) is 43.7 Å². The van der Waals surface area contributed by atoms with Gasteiger partial charge in [0.05, 0.1) is 11.0 Å². The van der Waals surface area contributed by atoms with Crippen molar-refractivity contribution in [3.8, 4) is 27.9 Å². The molecule has 0 aliphatic rings. The molecule has 0 saturated carbocycles. The molecular weight excluding hydrogens is 669 g/mol. The Kier molecular flexibility index (Phi) is 7.17. The highest BCUT2D eigenvalue weighted by Gasteiger charge is 2.17. The number of furan rings is 1. The lowest BCUT2D eigenvalue weighted by Gasteiger charge is -2.26. The van der Waals surface area contributed by atoms with E-state index >= 15 is 0 Å². The van der Waals surface area contributed by atoms with E-state index in [9.17, 15) is 0 Å². The van der Waals surface area contributed by atoms with Crippen LogP contribution in [0.1, 0.15) is 0 Å². The Balaban J connectivity index is 1.02. The van der Waals surface area contributed by atoms with Gasteiger partial charge in [-0.05, 0) is 112 Å². The molecule has 3 heteroatoms. The largest absolute Gasteiger partial charge is 0.456 e. The van der Waals surface area contributed by atoms with Crippen LogP contribution in [0.4, 0.5) is 17.1 Å². The van der Waals surface area contributed by atoms with E-state index in [-0.39, 0.29) is 0 Å². The van der Waals surface area contributed by atoms with Crippen LogP contribution >= 0.6 is 0 Å². The lowest BCUT2D eigenvalue weighted by atomic mass is 10.0. The molecule has 0 fully saturated rings. The summed E-state index contributed by atoms with van der Waals surface area (Å²) in [5.41, 5.74) is 13.2. The Morgan fingerprint density at radius 1 is 0.327 bits per heavy atom. The van der Waals surface area contributed by atoms with Gasteiger partial charge >= 0.3 is 0 Å². The Bertz CT molecular complexity index is 3150. The summed E-state index contributed by atoms with van der Waals surface area (Å²) < 4.78 is 8.62. The second-order valence-corrected chi connectivity index (χ2v) is 14.2. The maximum atomic E-state index is 6.24. The molecule has 0 aliphatic heterocycles. The first kappa shape index (κ1) is 31.2. The number of para-hydroxylation sites is 3. The zero-order valence-corrected chi connectivity index (χ0v) is 29.9. The fourth-order valence-electron chi connectivity index (χ4n) is 8.30. The van der Waals surface area contributed by atoms with Crippen molar-refractivity contribution in [1.82, 2.24) is 4.57 Å². The van der Waals surface area contributed by atoms with Gasteiger partial charge in [-0.2, -0.15) is 0 Å². The quantitative estimate of drug-likeness (QED) is 0.172. The average Bonchev–Trinajstić information content (AvgIpc) is 3.80. The maximum absolute atomic E-state index is 6.24. The van der Waals surface area contributed by atoms with E-state index in [4.69, 9.17) is 4.42 Å². The van der Waals surface area contributed by atoms with E-state index < -0.39 is 0 Å². The molecule has 0 amide bonds.